The molecule has 12 heteroatoms. The number of amides is 1. The Balaban J connectivity index is 1.55. The molecule has 206 valence electrons. The standard InChI is InChI=1S/C28H24F4N6O2/c1-37(2)14-24(39)33-13-16-9-22(28(30,31)32)25-23(10-16)35-27(40-25)18-6-4-5-17(11-18)20-8-7-19(29)12-21(20)26-36-34-15-38(26)3/h4-12,15H,13-14H2,1-3H3,(H,33,39). The number of aryl methyl sites for hydroxylation is 1. The van der Waals surface area contributed by atoms with Gasteiger partial charge in [0.25, 0.3) is 0 Å². The van der Waals surface area contributed by atoms with Gasteiger partial charge in [-0.2, -0.15) is 13.2 Å². The van der Waals surface area contributed by atoms with Crippen molar-refractivity contribution in [3.8, 4) is 34.0 Å². The fourth-order valence-corrected chi connectivity index (χ4v) is 4.37. The van der Waals surface area contributed by atoms with Gasteiger partial charge in [-0.25, -0.2) is 9.37 Å². The average Bonchev–Trinajstić information content (AvgIpc) is 3.52. The smallest absolute Gasteiger partial charge is 0.420 e. The molecule has 0 aliphatic rings. The number of aromatic nitrogens is 4. The van der Waals surface area contributed by atoms with E-state index in [1.54, 1.807) is 60.9 Å². The first kappa shape index (κ1) is 27.0. The summed E-state index contributed by atoms with van der Waals surface area (Å²) in [6.45, 7) is 0.00398. The van der Waals surface area contributed by atoms with Gasteiger partial charge in [0.2, 0.25) is 11.8 Å². The molecule has 5 aromatic rings. The van der Waals surface area contributed by atoms with Gasteiger partial charge in [-0.05, 0) is 67.2 Å². The average molecular weight is 553 g/mol. The van der Waals surface area contributed by atoms with Gasteiger partial charge in [-0.15, -0.1) is 10.2 Å². The lowest BCUT2D eigenvalue weighted by atomic mass is 9.97. The SMILES string of the molecule is CN(C)CC(=O)NCc1cc(C(F)(F)F)c2oc(-c3cccc(-c4ccc(F)cc4-c4nncn4C)c3)nc2c1. The molecule has 2 aromatic heterocycles. The van der Waals surface area contributed by atoms with Crippen LogP contribution < -0.4 is 5.32 Å². The third-order valence-electron chi connectivity index (χ3n) is 6.16. The topological polar surface area (TPSA) is 89.1 Å². The molecule has 0 radical (unpaired) electrons. The number of rotatable bonds is 7. The number of carbonyl (C=O) groups excluding carboxylic acids is 1. The molecule has 2 heterocycles. The number of hydrogen-bond acceptors (Lipinski definition) is 6. The van der Waals surface area contributed by atoms with Crippen LogP contribution in [0.1, 0.15) is 11.1 Å². The van der Waals surface area contributed by atoms with E-state index in [1.807, 2.05) is 0 Å². The Morgan fingerprint density at radius 2 is 1.82 bits per heavy atom. The number of benzene rings is 3. The fourth-order valence-electron chi connectivity index (χ4n) is 4.37. The molecule has 8 nitrogen and oxygen atoms in total. The Hall–Kier alpha value is -4.58. The van der Waals surface area contributed by atoms with Crippen LogP contribution in [-0.4, -0.2) is 51.2 Å². The van der Waals surface area contributed by atoms with Gasteiger partial charge in [0.15, 0.2) is 11.4 Å². The van der Waals surface area contributed by atoms with Crippen molar-refractivity contribution in [3.63, 3.8) is 0 Å². The Labute approximate surface area is 226 Å². The molecule has 0 spiro atoms. The Morgan fingerprint density at radius 1 is 1.05 bits per heavy atom. The minimum atomic E-state index is -4.71. The van der Waals surface area contributed by atoms with Crippen molar-refractivity contribution < 1.29 is 26.8 Å². The van der Waals surface area contributed by atoms with Gasteiger partial charge >= 0.3 is 6.18 Å². The summed E-state index contributed by atoms with van der Waals surface area (Å²) in [6, 6.07) is 13.5. The predicted octanol–water partition coefficient (Wildman–Crippen LogP) is 5.29. The zero-order valence-corrected chi connectivity index (χ0v) is 21.8. The molecule has 1 N–H and O–H groups in total. The molecule has 0 unspecified atom stereocenters. The number of carbonyl (C=O) groups is 1. The molecule has 0 aliphatic heterocycles. The summed E-state index contributed by atoms with van der Waals surface area (Å²) in [4.78, 5) is 18.0. The van der Waals surface area contributed by atoms with Crippen molar-refractivity contribution in [1.82, 2.24) is 30.0 Å². The molecule has 5 rings (SSSR count). The van der Waals surface area contributed by atoms with Crippen LogP contribution in [0.2, 0.25) is 0 Å². The second-order valence-corrected chi connectivity index (χ2v) is 9.56. The van der Waals surface area contributed by atoms with Crippen LogP contribution in [0.25, 0.3) is 45.1 Å². The summed E-state index contributed by atoms with van der Waals surface area (Å²) < 4.78 is 63.4. The minimum absolute atomic E-state index is 0.00800. The quantitative estimate of drug-likeness (QED) is 0.276. The number of likely N-dealkylation sites (N-methyl/N-ethyl adjacent to an activating group) is 1. The molecular weight excluding hydrogens is 528 g/mol. The highest BCUT2D eigenvalue weighted by atomic mass is 19.4. The van der Waals surface area contributed by atoms with Crippen LogP contribution in [0.3, 0.4) is 0 Å². The monoisotopic (exact) mass is 552 g/mol. The van der Waals surface area contributed by atoms with Crippen molar-refractivity contribution in [2.45, 2.75) is 12.7 Å². The first-order valence-corrected chi connectivity index (χ1v) is 12.2. The highest BCUT2D eigenvalue weighted by Crippen LogP contribution is 2.39. The van der Waals surface area contributed by atoms with Gasteiger partial charge in [0.1, 0.15) is 23.2 Å². The van der Waals surface area contributed by atoms with E-state index in [4.69, 9.17) is 4.42 Å². The van der Waals surface area contributed by atoms with Crippen LogP contribution in [0.15, 0.2) is 65.3 Å². The van der Waals surface area contributed by atoms with Crippen LogP contribution >= 0.6 is 0 Å². The Bertz CT molecular complexity index is 1710. The lowest BCUT2D eigenvalue weighted by molar-refractivity contribution is -0.136. The van der Waals surface area contributed by atoms with Crippen molar-refractivity contribution >= 4 is 17.0 Å². The van der Waals surface area contributed by atoms with Crippen LogP contribution in [0.5, 0.6) is 0 Å². The second-order valence-electron chi connectivity index (χ2n) is 9.56. The zero-order valence-electron chi connectivity index (χ0n) is 21.8. The van der Waals surface area contributed by atoms with Crippen LogP contribution in [0.4, 0.5) is 17.6 Å². The van der Waals surface area contributed by atoms with Gasteiger partial charge in [0, 0.05) is 24.7 Å². The van der Waals surface area contributed by atoms with E-state index in [0.29, 0.717) is 28.1 Å². The maximum Gasteiger partial charge on any atom is 0.420 e. The number of halogens is 4. The third-order valence-corrected chi connectivity index (χ3v) is 6.16. The van der Waals surface area contributed by atoms with E-state index >= 15 is 0 Å². The summed E-state index contributed by atoms with van der Waals surface area (Å²) in [5, 5.41) is 10.6. The van der Waals surface area contributed by atoms with E-state index in [9.17, 15) is 22.4 Å². The lowest BCUT2D eigenvalue weighted by Gasteiger charge is -2.12. The highest BCUT2D eigenvalue weighted by Gasteiger charge is 2.35. The maximum atomic E-state index is 14.2. The fraction of sp³-hybridized carbons (Fsp3) is 0.214. The van der Waals surface area contributed by atoms with Crippen LogP contribution in [0, 0.1) is 5.82 Å². The molecule has 3 aromatic carbocycles. The van der Waals surface area contributed by atoms with Crippen molar-refractivity contribution in [1.29, 1.82) is 0 Å². The number of hydrogen-bond donors (Lipinski definition) is 1. The van der Waals surface area contributed by atoms with Gasteiger partial charge in [-0.1, -0.05) is 18.2 Å². The van der Waals surface area contributed by atoms with Gasteiger partial charge in [0.05, 0.1) is 6.54 Å². The van der Waals surface area contributed by atoms with Gasteiger partial charge < -0.3 is 19.2 Å². The van der Waals surface area contributed by atoms with E-state index in [0.717, 1.165) is 6.07 Å². The molecule has 0 aliphatic carbocycles. The lowest BCUT2D eigenvalue weighted by Crippen LogP contribution is -2.32. The summed E-state index contributed by atoms with van der Waals surface area (Å²) in [7, 11) is 5.16. The number of nitrogens with zero attached hydrogens (tertiary/aromatic N) is 5. The molecule has 0 saturated carbocycles. The van der Waals surface area contributed by atoms with E-state index in [1.165, 1.54) is 24.5 Å². The largest absolute Gasteiger partial charge is 0.435 e. The van der Waals surface area contributed by atoms with Crippen LogP contribution in [-0.2, 0) is 24.6 Å². The molecule has 0 atom stereocenters. The minimum Gasteiger partial charge on any atom is -0.435 e. The van der Waals surface area contributed by atoms with Crippen molar-refractivity contribution in [2.75, 3.05) is 20.6 Å². The summed E-state index contributed by atoms with van der Waals surface area (Å²) in [5.41, 5.74) is 1.07. The van der Waals surface area contributed by atoms with Gasteiger partial charge in [-0.3, -0.25) is 4.79 Å². The first-order chi connectivity index (χ1) is 19.0. The normalized spacial score (nSPS) is 11.9. The number of fused-ring (bicyclic) bond motifs is 1. The Kier molecular flexibility index (Phi) is 7.11. The zero-order chi connectivity index (χ0) is 28.6. The number of alkyl halides is 3. The number of oxazole rings is 1. The molecule has 1 amide bonds. The third kappa shape index (κ3) is 5.57. The molecule has 40 heavy (non-hydrogen) atoms. The summed E-state index contributed by atoms with van der Waals surface area (Å²) >= 11 is 0. The summed E-state index contributed by atoms with van der Waals surface area (Å²) in [6.07, 6.45) is -3.21. The first-order valence-electron chi connectivity index (χ1n) is 12.2. The molecule has 0 saturated heterocycles. The second kappa shape index (κ2) is 10.5. The maximum absolute atomic E-state index is 14.2. The van der Waals surface area contributed by atoms with Crippen molar-refractivity contribution in [3.05, 3.63) is 77.9 Å². The predicted molar refractivity (Wildman–Crippen MR) is 140 cm³/mol. The van der Waals surface area contributed by atoms with E-state index in [-0.39, 0.29) is 36.0 Å². The molecule has 0 fully saturated rings. The summed E-state index contributed by atoms with van der Waals surface area (Å²) in [5.74, 6) is -0.344. The van der Waals surface area contributed by atoms with E-state index < -0.39 is 23.1 Å². The highest BCUT2D eigenvalue weighted by molar-refractivity contribution is 5.85. The van der Waals surface area contributed by atoms with Crippen molar-refractivity contribution in [2.24, 2.45) is 7.05 Å². The molecular formula is C28H24F4N6O2. The van der Waals surface area contributed by atoms with E-state index in [2.05, 4.69) is 20.5 Å². The number of nitrogens with one attached hydrogen (secondary N) is 1. The Morgan fingerprint density at radius 3 is 2.52 bits per heavy atom. The molecule has 0 bridgehead atoms.